The maximum Gasteiger partial charge on any atom is 0.246 e. The molecule has 23 heavy (non-hydrogen) atoms. The van der Waals surface area contributed by atoms with Gasteiger partial charge in [0.15, 0.2) is 4.96 Å². The molecule has 2 heterocycles. The van der Waals surface area contributed by atoms with Gasteiger partial charge in [-0.25, -0.2) is 10.4 Å². The molecule has 0 aliphatic rings. The summed E-state index contributed by atoms with van der Waals surface area (Å²) in [6, 6.07) is 7.49. The highest BCUT2D eigenvalue weighted by Gasteiger charge is 2.07. The van der Waals surface area contributed by atoms with Gasteiger partial charge < -0.3 is 4.74 Å². The van der Waals surface area contributed by atoms with Gasteiger partial charge in [0.25, 0.3) is 0 Å². The number of aromatic nitrogens is 2. The molecule has 3 aromatic rings. The minimum Gasteiger partial charge on any atom is -0.494 e. The van der Waals surface area contributed by atoms with Crippen molar-refractivity contribution >= 4 is 28.4 Å². The average molecular weight is 328 g/mol. The van der Waals surface area contributed by atoms with Gasteiger partial charge in [0.05, 0.1) is 24.9 Å². The van der Waals surface area contributed by atoms with Crippen LogP contribution in [0.1, 0.15) is 18.2 Å². The van der Waals surface area contributed by atoms with Crippen LogP contribution >= 0.6 is 11.3 Å². The molecule has 0 radical (unpaired) electrons. The monoisotopic (exact) mass is 328 g/mol. The molecule has 0 saturated carbocycles. The van der Waals surface area contributed by atoms with E-state index in [4.69, 9.17) is 4.74 Å². The van der Waals surface area contributed by atoms with Crippen LogP contribution in [0.25, 0.3) is 4.96 Å². The van der Waals surface area contributed by atoms with Gasteiger partial charge in [-0.1, -0.05) is 0 Å². The minimum absolute atomic E-state index is 0.196. The van der Waals surface area contributed by atoms with Crippen molar-refractivity contribution in [3.05, 3.63) is 53.3 Å². The van der Waals surface area contributed by atoms with E-state index in [0.29, 0.717) is 6.61 Å². The van der Waals surface area contributed by atoms with E-state index in [2.05, 4.69) is 15.5 Å². The number of nitrogens with zero attached hydrogens (tertiary/aromatic N) is 3. The number of hydrogen-bond acceptors (Lipinski definition) is 5. The highest BCUT2D eigenvalue weighted by atomic mass is 32.1. The Labute approximate surface area is 137 Å². The molecule has 0 bridgehead atoms. The van der Waals surface area contributed by atoms with Crippen molar-refractivity contribution in [2.75, 3.05) is 6.61 Å². The number of carbonyl (C=O) groups excluding carboxylic acids is 1. The van der Waals surface area contributed by atoms with E-state index in [1.165, 1.54) is 11.3 Å². The number of benzene rings is 1. The lowest BCUT2D eigenvalue weighted by Crippen LogP contribution is -2.19. The Balaban J connectivity index is 1.52. The molecule has 7 heteroatoms. The van der Waals surface area contributed by atoms with Crippen molar-refractivity contribution in [1.82, 2.24) is 14.8 Å². The van der Waals surface area contributed by atoms with Crippen molar-refractivity contribution in [2.45, 2.75) is 13.3 Å². The third kappa shape index (κ3) is 3.95. The molecule has 0 unspecified atom stereocenters. The molecule has 0 saturated heterocycles. The maximum atomic E-state index is 11.8. The van der Waals surface area contributed by atoms with E-state index in [9.17, 15) is 4.79 Å². The van der Waals surface area contributed by atoms with E-state index in [-0.39, 0.29) is 12.3 Å². The Hall–Kier alpha value is -2.67. The smallest absolute Gasteiger partial charge is 0.246 e. The second-order valence-electron chi connectivity index (χ2n) is 4.80. The van der Waals surface area contributed by atoms with E-state index in [1.54, 1.807) is 6.21 Å². The SMILES string of the molecule is CCOc1ccc(/C=N\NC(=O)Cc2cn3ccsc3n2)cc1. The highest BCUT2D eigenvalue weighted by molar-refractivity contribution is 7.15. The van der Waals surface area contributed by atoms with Crippen LogP contribution in [-0.2, 0) is 11.2 Å². The standard InChI is InChI=1S/C16H16N4O2S/c1-2-22-14-5-3-12(4-6-14)10-17-19-15(21)9-13-11-20-7-8-23-16(20)18-13/h3-8,10-11H,2,9H2,1H3,(H,19,21)/b17-10-. The molecule has 3 rings (SSSR count). The lowest BCUT2D eigenvalue weighted by Gasteiger charge is -2.02. The number of nitrogens with one attached hydrogen (secondary N) is 1. The molecular weight excluding hydrogens is 312 g/mol. The molecule has 0 aliphatic carbocycles. The van der Waals surface area contributed by atoms with Gasteiger partial charge >= 0.3 is 0 Å². The summed E-state index contributed by atoms with van der Waals surface area (Å²) in [7, 11) is 0. The summed E-state index contributed by atoms with van der Waals surface area (Å²) >= 11 is 1.54. The van der Waals surface area contributed by atoms with Gasteiger partial charge in [0, 0.05) is 17.8 Å². The Morgan fingerprint density at radius 2 is 2.26 bits per heavy atom. The summed E-state index contributed by atoms with van der Waals surface area (Å²) in [5.74, 6) is 0.617. The zero-order chi connectivity index (χ0) is 16.1. The first-order chi connectivity index (χ1) is 11.2. The molecular formula is C16H16N4O2S. The molecule has 118 valence electrons. The highest BCUT2D eigenvalue weighted by Crippen LogP contribution is 2.12. The largest absolute Gasteiger partial charge is 0.494 e. The Kier molecular flexibility index (Phi) is 4.68. The number of carbonyl (C=O) groups is 1. The number of rotatable bonds is 6. The summed E-state index contributed by atoms with van der Waals surface area (Å²) in [5.41, 5.74) is 4.12. The Morgan fingerprint density at radius 1 is 1.43 bits per heavy atom. The predicted octanol–water partition coefficient (Wildman–Crippen LogP) is 2.49. The van der Waals surface area contributed by atoms with Crippen molar-refractivity contribution in [2.24, 2.45) is 5.10 Å². The van der Waals surface area contributed by atoms with E-state index in [1.807, 2.05) is 53.4 Å². The third-order valence-corrected chi connectivity index (χ3v) is 3.85. The summed E-state index contributed by atoms with van der Waals surface area (Å²) in [4.78, 5) is 17.1. The molecule has 1 N–H and O–H groups in total. The number of fused-ring (bicyclic) bond motifs is 1. The topological polar surface area (TPSA) is 68.0 Å². The van der Waals surface area contributed by atoms with Gasteiger partial charge in [0.2, 0.25) is 5.91 Å². The Bertz CT molecular complexity index is 792. The van der Waals surface area contributed by atoms with Crippen molar-refractivity contribution in [3.63, 3.8) is 0 Å². The van der Waals surface area contributed by atoms with Crippen molar-refractivity contribution < 1.29 is 9.53 Å². The Morgan fingerprint density at radius 3 is 3.00 bits per heavy atom. The predicted molar refractivity (Wildman–Crippen MR) is 90.1 cm³/mol. The van der Waals surface area contributed by atoms with Gasteiger partial charge in [-0.2, -0.15) is 5.10 Å². The minimum atomic E-state index is -0.196. The zero-order valence-electron chi connectivity index (χ0n) is 12.6. The quantitative estimate of drug-likeness (QED) is 0.558. The first kappa shape index (κ1) is 15.2. The molecule has 0 aliphatic heterocycles. The van der Waals surface area contributed by atoms with Crippen LogP contribution in [0.3, 0.4) is 0 Å². The number of hydrazone groups is 1. The number of imidazole rings is 1. The van der Waals surface area contributed by atoms with Crippen LogP contribution in [0.2, 0.25) is 0 Å². The number of thiazole rings is 1. The van der Waals surface area contributed by atoms with Crippen LogP contribution in [0, 0.1) is 0 Å². The first-order valence-corrected chi connectivity index (χ1v) is 8.08. The third-order valence-electron chi connectivity index (χ3n) is 3.08. The number of ether oxygens (including phenoxy) is 1. The molecule has 1 aromatic carbocycles. The summed E-state index contributed by atoms with van der Waals surface area (Å²) in [6.07, 6.45) is 5.56. The normalized spacial score (nSPS) is 11.2. The van der Waals surface area contributed by atoms with Crippen LogP contribution in [0.15, 0.2) is 47.1 Å². The summed E-state index contributed by atoms with van der Waals surface area (Å²) < 4.78 is 7.27. The fourth-order valence-corrected chi connectivity index (χ4v) is 2.78. The van der Waals surface area contributed by atoms with E-state index < -0.39 is 0 Å². The molecule has 1 amide bonds. The van der Waals surface area contributed by atoms with E-state index >= 15 is 0 Å². The molecule has 6 nitrogen and oxygen atoms in total. The zero-order valence-corrected chi connectivity index (χ0v) is 13.4. The van der Waals surface area contributed by atoms with Crippen LogP contribution in [0.5, 0.6) is 5.75 Å². The number of hydrogen-bond donors (Lipinski definition) is 1. The van der Waals surface area contributed by atoms with E-state index in [0.717, 1.165) is 22.0 Å². The van der Waals surface area contributed by atoms with Crippen LogP contribution in [0.4, 0.5) is 0 Å². The molecule has 0 spiro atoms. The van der Waals surface area contributed by atoms with Gasteiger partial charge in [-0.3, -0.25) is 9.20 Å². The lowest BCUT2D eigenvalue weighted by atomic mass is 10.2. The molecule has 2 aromatic heterocycles. The van der Waals surface area contributed by atoms with Gasteiger partial charge in [-0.05, 0) is 36.8 Å². The fraction of sp³-hybridized carbons (Fsp3) is 0.188. The van der Waals surface area contributed by atoms with Crippen molar-refractivity contribution in [1.29, 1.82) is 0 Å². The molecule has 0 atom stereocenters. The van der Waals surface area contributed by atoms with Crippen molar-refractivity contribution in [3.8, 4) is 5.75 Å². The average Bonchev–Trinajstić information content (AvgIpc) is 3.10. The lowest BCUT2D eigenvalue weighted by molar-refractivity contribution is -0.120. The fourth-order valence-electron chi connectivity index (χ4n) is 2.06. The summed E-state index contributed by atoms with van der Waals surface area (Å²) in [5, 5.41) is 5.91. The van der Waals surface area contributed by atoms with Gasteiger partial charge in [0.1, 0.15) is 5.75 Å². The maximum absolute atomic E-state index is 11.8. The van der Waals surface area contributed by atoms with Crippen LogP contribution in [-0.4, -0.2) is 28.1 Å². The second-order valence-corrected chi connectivity index (χ2v) is 5.67. The first-order valence-electron chi connectivity index (χ1n) is 7.20. The van der Waals surface area contributed by atoms with Crippen LogP contribution < -0.4 is 10.2 Å². The number of amides is 1. The summed E-state index contributed by atoms with van der Waals surface area (Å²) in [6.45, 7) is 2.57. The second kappa shape index (κ2) is 7.06. The molecule has 0 fully saturated rings. The van der Waals surface area contributed by atoms with Gasteiger partial charge in [-0.15, -0.1) is 11.3 Å².